The largest absolute Gasteiger partial charge is 0.488 e. The van der Waals surface area contributed by atoms with Gasteiger partial charge in [0.05, 0.1) is 18.8 Å². The van der Waals surface area contributed by atoms with Gasteiger partial charge in [-0.05, 0) is 24.6 Å². The summed E-state index contributed by atoms with van der Waals surface area (Å²) < 4.78 is 5.92. The highest BCUT2D eigenvalue weighted by molar-refractivity contribution is 14.0. The van der Waals surface area contributed by atoms with E-state index >= 15 is 0 Å². The van der Waals surface area contributed by atoms with Crippen molar-refractivity contribution in [3.8, 4) is 5.75 Å². The number of benzene rings is 1. The number of nitrogens with one attached hydrogen (secondary N) is 3. The number of ether oxygens (including phenoxy) is 1. The van der Waals surface area contributed by atoms with Gasteiger partial charge in [-0.25, -0.2) is 4.99 Å². The first-order valence-corrected chi connectivity index (χ1v) is 7.60. The lowest BCUT2D eigenvalue weighted by Gasteiger charge is -2.15. The Morgan fingerprint density at radius 3 is 2.96 bits per heavy atom. The van der Waals surface area contributed by atoms with Crippen LogP contribution in [-0.4, -0.2) is 35.4 Å². The molecule has 1 aliphatic rings. The zero-order valence-corrected chi connectivity index (χ0v) is 15.4. The Kier molecular flexibility index (Phi) is 6.69. The Morgan fingerprint density at radius 2 is 2.22 bits per heavy atom. The summed E-state index contributed by atoms with van der Waals surface area (Å²) in [5, 5.41) is 13.4. The minimum absolute atomic E-state index is 0. The molecule has 2 aromatic rings. The lowest BCUT2D eigenvalue weighted by Crippen LogP contribution is -2.42. The molecule has 124 valence electrons. The van der Waals surface area contributed by atoms with E-state index in [4.69, 9.17) is 4.74 Å². The number of aliphatic imine (C=N–C) groups is 1. The molecule has 2 heterocycles. The molecule has 1 aromatic heterocycles. The van der Waals surface area contributed by atoms with Crippen molar-refractivity contribution in [1.82, 2.24) is 20.8 Å². The quantitative estimate of drug-likeness (QED) is 0.388. The summed E-state index contributed by atoms with van der Waals surface area (Å²) in [5.41, 5.74) is 2.26. The maximum absolute atomic E-state index is 5.92. The molecule has 23 heavy (non-hydrogen) atoms. The Bertz CT molecular complexity index is 604. The number of rotatable bonds is 5. The van der Waals surface area contributed by atoms with Crippen molar-refractivity contribution in [3.63, 3.8) is 0 Å². The third-order valence-corrected chi connectivity index (χ3v) is 3.52. The zero-order chi connectivity index (χ0) is 15.2. The maximum atomic E-state index is 5.92. The summed E-state index contributed by atoms with van der Waals surface area (Å²) in [4.78, 5) is 4.53. The minimum atomic E-state index is 0. The number of aromatic amines is 1. The van der Waals surface area contributed by atoms with E-state index in [1.165, 1.54) is 5.56 Å². The predicted molar refractivity (Wildman–Crippen MR) is 101 cm³/mol. The number of para-hydroxylation sites is 1. The van der Waals surface area contributed by atoms with Gasteiger partial charge in [-0.3, -0.25) is 5.10 Å². The molecule has 1 aliphatic heterocycles. The Morgan fingerprint density at radius 1 is 1.35 bits per heavy atom. The number of aromatic nitrogens is 2. The average molecular weight is 427 g/mol. The standard InChI is InChI=1S/C16H21N5O.HI/c1-2-17-16(18-10-13-7-8-20-21-13)19-11-14-9-12-5-3-4-6-15(12)22-14;/h3-8,14H,2,9-11H2,1H3,(H,20,21)(H2,17,18,19);1H. The van der Waals surface area contributed by atoms with E-state index in [9.17, 15) is 0 Å². The van der Waals surface area contributed by atoms with Crippen molar-refractivity contribution in [3.05, 3.63) is 47.8 Å². The molecule has 0 saturated carbocycles. The number of fused-ring (bicyclic) bond motifs is 1. The monoisotopic (exact) mass is 427 g/mol. The van der Waals surface area contributed by atoms with Crippen molar-refractivity contribution < 1.29 is 4.74 Å². The molecule has 1 aromatic carbocycles. The molecule has 1 unspecified atom stereocenters. The Hall–Kier alpha value is -1.77. The fraction of sp³-hybridized carbons (Fsp3) is 0.375. The summed E-state index contributed by atoms with van der Waals surface area (Å²) >= 11 is 0. The van der Waals surface area contributed by atoms with E-state index in [0.29, 0.717) is 6.54 Å². The van der Waals surface area contributed by atoms with Crippen LogP contribution in [0.4, 0.5) is 0 Å². The maximum Gasteiger partial charge on any atom is 0.191 e. The van der Waals surface area contributed by atoms with Crippen LogP contribution in [0.2, 0.25) is 0 Å². The van der Waals surface area contributed by atoms with Crippen LogP contribution in [0.5, 0.6) is 5.75 Å². The number of halogens is 1. The van der Waals surface area contributed by atoms with Gasteiger partial charge in [-0.1, -0.05) is 18.2 Å². The van der Waals surface area contributed by atoms with Crippen LogP contribution in [0, 0.1) is 0 Å². The van der Waals surface area contributed by atoms with E-state index in [1.54, 1.807) is 6.20 Å². The molecule has 0 saturated heterocycles. The van der Waals surface area contributed by atoms with Crippen molar-refractivity contribution >= 4 is 29.9 Å². The van der Waals surface area contributed by atoms with Crippen LogP contribution < -0.4 is 15.4 Å². The van der Waals surface area contributed by atoms with Gasteiger partial charge in [0.1, 0.15) is 11.9 Å². The highest BCUT2D eigenvalue weighted by Crippen LogP contribution is 2.27. The molecular formula is C16H22IN5O. The third-order valence-electron chi connectivity index (χ3n) is 3.52. The lowest BCUT2D eigenvalue weighted by atomic mass is 10.1. The predicted octanol–water partition coefficient (Wildman–Crippen LogP) is 2.09. The third kappa shape index (κ3) is 4.85. The Balaban J connectivity index is 0.00000192. The summed E-state index contributed by atoms with van der Waals surface area (Å²) in [6, 6.07) is 10.1. The molecule has 0 amide bonds. The first-order chi connectivity index (χ1) is 10.8. The first-order valence-electron chi connectivity index (χ1n) is 7.60. The molecule has 0 aliphatic carbocycles. The molecular weight excluding hydrogens is 405 g/mol. The molecule has 0 bridgehead atoms. The number of hydrogen-bond donors (Lipinski definition) is 3. The molecule has 3 N–H and O–H groups in total. The summed E-state index contributed by atoms with van der Waals surface area (Å²) in [7, 11) is 0. The molecule has 7 heteroatoms. The van der Waals surface area contributed by atoms with Gasteiger partial charge in [0, 0.05) is 19.2 Å². The van der Waals surface area contributed by atoms with Crippen LogP contribution in [0.25, 0.3) is 0 Å². The van der Waals surface area contributed by atoms with Gasteiger partial charge < -0.3 is 15.4 Å². The van der Waals surface area contributed by atoms with Crippen LogP contribution in [0.15, 0.2) is 41.5 Å². The zero-order valence-electron chi connectivity index (χ0n) is 13.1. The smallest absolute Gasteiger partial charge is 0.191 e. The first kappa shape index (κ1) is 17.6. The van der Waals surface area contributed by atoms with Crippen molar-refractivity contribution in [2.24, 2.45) is 4.99 Å². The second kappa shape index (κ2) is 8.76. The van der Waals surface area contributed by atoms with E-state index in [0.717, 1.165) is 36.9 Å². The molecule has 0 radical (unpaired) electrons. The van der Waals surface area contributed by atoms with Crippen molar-refractivity contribution in [1.29, 1.82) is 0 Å². The van der Waals surface area contributed by atoms with Crippen molar-refractivity contribution in [2.45, 2.75) is 26.0 Å². The van der Waals surface area contributed by atoms with Crippen LogP contribution in [0.1, 0.15) is 18.2 Å². The number of guanidine groups is 1. The van der Waals surface area contributed by atoms with E-state index in [-0.39, 0.29) is 30.1 Å². The summed E-state index contributed by atoms with van der Waals surface area (Å²) in [5.74, 6) is 1.78. The number of H-pyrrole nitrogens is 1. The van der Waals surface area contributed by atoms with Crippen LogP contribution in [0.3, 0.4) is 0 Å². The molecule has 0 fully saturated rings. The summed E-state index contributed by atoms with van der Waals surface area (Å²) in [6.45, 7) is 4.17. The van der Waals surface area contributed by atoms with Crippen LogP contribution in [-0.2, 0) is 13.0 Å². The number of hydrogen-bond acceptors (Lipinski definition) is 3. The van der Waals surface area contributed by atoms with E-state index < -0.39 is 0 Å². The van der Waals surface area contributed by atoms with Gasteiger partial charge >= 0.3 is 0 Å². The topological polar surface area (TPSA) is 74.3 Å². The van der Waals surface area contributed by atoms with Gasteiger partial charge in [-0.2, -0.15) is 5.10 Å². The molecule has 0 spiro atoms. The SMILES string of the molecule is CCNC(=NCc1ccn[nH]1)NCC1Cc2ccccc2O1.I. The fourth-order valence-electron chi connectivity index (χ4n) is 2.46. The van der Waals surface area contributed by atoms with Crippen LogP contribution >= 0.6 is 24.0 Å². The van der Waals surface area contributed by atoms with Gasteiger partial charge in [-0.15, -0.1) is 24.0 Å². The normalized spacial score (nSPS) is 16.2. The second-order valence-electron chi connectivity index (χ2n) is 5.21. The summed E-state index contributed by atoms with van der Waals surface area (Å²) in [6.07, 6.45) is 2.81. The average Bonchev–Trinajstić information content (AvgIpc) is 3.18. The van der Waals surface area contributed by atoms with Gasteiger partial charge in [0.15, 0.2) is 5.96 Å². The lowest BCUT2D eigenvalue weighted by molar-refractivity contribution is 0.235. The van der Waals surface area contributed by atoms with E-state index in [1.807, 2.05) is 24.3 Å². The highest BCUT2D eigenvalue weighted by Gasteiger charge is 2.22. The van der Waals surface area contributed by atoms with Gasteiger partial charge in [0.2, 0.25) is 0 Å². The minimum Gasteiger partial charge on any atom is -0.488 e. The molecule has 1 atom stereocenters. The highest BCUT2D eigenvalue weighted by atomic mass is 127. The van der Waals surface area contributed by atoms with E-state index in [2.05, 4.69) is 38.8 Å². The second-order valence-corrected chi connectivity index (χ2v) is 5.21. The molecule has 6 nitrogen and oxygen atoms in total. The fourth-order valence-corrected chi connectivity index (χ4v) is 2.46. The molecule has 3 rings (SSSR count). The van der Waals surface area contributed by atoms with Gasteiger partial charge in [0.25, 0.3) is 0 Å². The Labute approximate surface area is 153 Å². The van der Waals surface area contributed by atoms with Crippen molar-refractivity contribution in [2.75, 3.05) is 13.1 Å². The number of nitrogens with zero attached hydrogens (tertiary/aromatic N) is 2.